The summed E-state index contributed by atoms with van der Waals surface area (Å²) in [6, 6.07) is 9.13. The van der Waals surface area contributed by atoms with Crippen LogP contribution in [0.15, 0.2) is 34.7 Å². The fourth-order valence-corrected chi connectivity index (χ4v) is 2.07. The van der Waals surface area contributed by atoms with E-state index in [2.05, 4.69) is 5.32 Å². The van der Waals surface area contributed by atoms with Crippen LogP contribution in [0.4, 0.5) is 0 Å². The molecule has 0 aliphatic rings. The number of hydrogen-bond acceptors (Lipinski definition) is 3. The lowest BCUT2D eigenvalue weighted by atomic mass is 10.2. The number of rotatable bonds is 6. The third kappa shape index (κ3) is 3.98. The van der Waals surface area contributed by atoms with E-state index in [-0.39, 0.29) is 0 Å². The maximum Gasteiger partial charge on any atom is 0.135 e. The Kier molecular flexibility index (Phi) is 5.28. The monoisotopic (exact) mass is 299 g/mol. The zero-order chi connectivity index (χ0) is 13.7. The molecule has 19 heavy (non-hydrogen) atoms. The average Bonchev–Trinajstić information content (AvgIpc) is 2.86. The molecule has 2 rings (SSSR count). The summed E-state index contributed by atoms with van der Waals surface area (Å²) in [5, 5.41) is 4.47. The first-order valence-electron chi connectivity index (χ1n) is 5.94. The normalized spacial score (nSPS) is 10.9. The largest absolute Gasteiger partial charge is 0.460 e. The molecule has 0 amide bonds. The van der Waals surface area contributed by atoms with E-state index in [9.17, 15) is 0 Å². The van der Waals surface area contributed by atoms with Gasteiger partial charge in [-0.15, -0.1) is 0 Å². The molecule has 0 aliphatic carbocycles. The second-order valence-electron chi connectivity index (χ2n) is 4.06. The summed E-state index contributed by atoms with van der Waals surface area (Å²) >= 11 is 12.1. The van der Waals surface area contributed by atoms with Gasteiger partial charge in [0.1, 0.15) is 11.5 Å². The Bertz CT molecular complexity index is 540. The lowest BCUT2D eigenvalue weighted by molar-refractivity contribution is 0.198. The van der Waals surface area contributed by atoms with E-state index in [1.54, 1.807) is 25.3 Å². The highest BCUT2D eigenvalue weighted by atomic mass is 35.5. The highest BCUT2D eigenvalue weighted by molar-refractivity contribution is 6.35. The van der Waals surface area contributed by atoms with Crippen LogP contribution in [0, 0.1) is 0 Å². The molecule has 2 aromatic rings. The standard InChI is InChI=1S/C14H15Cl2NO2/c1-18-7-6-17-9-11-3-5-14(19-11)12-8-10(15)2-4-13(12)16/h2-5,8,17H,6-7,9H2,1H3. The van der Waals surface area contributed by atoms with Gasteiger partial charge >= 0.3 is 0 Å². The van der Waals surface area contributed by atoms with Gasteiger partial charge in [0.05, 0.1) is 18.2 Å². The van der Waals surface area contributed by atoms with Crippen molar-refractivity contribution >= 4 is 23.2 Å². The first-order chi connectivity index (χ1) is 9.20. The van der Waals surface area contributed by atoms with Gasteiger partial charge in [-0.3, -0.25) is 0 Å². The van der Waals surface area contributed by atoms with Gasteiger partial charge in [-0.05, 0) is 30.3 Å². The first-order valence-corrected chi connectivity index (χ1v) is 6.70. The van der Waals surface area contributed by atoms with Gasteiger partial charge < -0.3 is 14.5 Å². The minimum atomic E-state index is 0.623. The number of nitrogens with one attached hydrogen (secondary N) is 1. The van der Waals surface area contributed by atoms with Crippen LogP contribution in [0.1, 0.15) is 5.76 Å². The SMILES string of the molecule is COCCNCc1ccc(-c2cc(Cl)ccc2Cl)o1. The van der Waals surface area contributed by atoms with E-state index in [0.717, 1.165) is 23.6 Å². The average molecular weight is 300 g/mol. The molecule has 5 heteroatoms. The zero-order valence-corrected chi connectivity index (χ0v) is 12.1. The maximum atomic E-state index is 6.13. The van der Waals surface area contributed by atoms with Crippen LogP contribution in [-0.2, 0) is 11.3 Å². The molecule has 1 aromatic heterocycles. The van der Waals surface area contributed by atoms with E-state index in [0.29, 0.717) is 23.2 Å². The highest BCUT2D eigenvalue weighted by Crippen LogP contribution is 2.31. The molecule has 0 radical (unpaired) electrons. The molecule has 0 aliphatic heterocycles. The molecular formula is C14H15Cl2NO2. The Morgan fingerprint density at radius 3 is 2.84 bits per heavy atom. The van der Waals surface area contributed by atoms with Crippen LogP contribution in [0.3, 0.4) is 0 Å². The first kappa shape index (κ1) is 14.4. The number of furan rings is 1. The molecule has 0 unspecified atom stereocenters. The topological polar surface area (TPSA) is 34.4 Å². The fraction of sp³-hybridized carbons (Fsp3) is 0.286. The molecule has 1 aromatic carbocycles. The van der Waals surface area contributed by atoms with Crippen LogP contribution in [0.5, 0.6) is 0 Å². The summed E-state index contributed by atoms with van der Waals surface area (Å²) < 4.78 is 10.7. The quantitative estimate of drug-likeness (QED) is 0.819. The van der Waals surface area contributed by atoms with Gasteiger partial charge in [0.15, 0.2) is 0 Å². The highest BCUT2D eigenvalue weighted by Gasteiger charge is 2.09. The van der Waals surface area contributed by atoms with Gasteiger partial charge in [-0.25, -0.2) is 0 Å². The fourth-order valence-electron chi connectivity index (χ4n) is 1.69. The van der Waals surface area contributed by atoms with Crippen LogP contribution < -0.4 is 5.32 Å². The van der Waals surface area contributed by atoms with Gasteiger partial charge in [0, 0.05) is 24.2 Å². The van der Waals surface area contributed by atoms with Crippen molar-refractivity contribution in [1.29, 1.82) is 0 Å². The third-order valence-corrected chi connectivity index (χ3v) is 3.20. The lowest BCUT2D eigenvalue weighted by Crippen LogP contribution is -2.18. The minimum Gasteiger partial charge on any atom is -0.460 e. The molecule has 3 nitrogen and oxygen atoms in total. The molecule has 0 fully saturated rings. The molecule has 102 valence electrons. The summed E-state index contributed by atoms with van der Waals surface area (Å²) in [5.41, 5.74) is 0.803. The van der Waals surface area contributed by atoms with Crippen molar-refractivity contribution in [3.8, 4) is 11.3 Å². The summed E-state index contributed by atoms with van der Waals surface area (Å²) in [5.74, 6) is 1.57. The van der Waals surface area contributed by atoms with Crippen molar-refractivity contribution in [2.45, 2.75) is 6.54 Å². The molecular weight excluding hydrogens is 285 g/mol. The van der Waals surface area contributed by atoms with Crippen molar-refractivity contribution in [3.05, 3.63) is 46.1 Å². The third-order valence-electron chi connectivity index (χ3n) is 2.64. The van der Waals surface area contributed by atoms with E-state index < -0.39 is 0 Å². The van der Waals surface area contributed by atoms with Gasteiger partial charge in [-0.2, -0.15) is 0 Å². The minimum absolute atomic E-state index is 0.623. The van der Waals surface area contributed by atoms with Crippen molar-refractivity contribution in [2.75, 3.05) is 20.3 Å². The summed E-state index contributed by atoms with van der Waals surface area (Å²) in [6.45, 7) is 2.11. The molecule has 0 saturated carbocycles. The van der Waals surface area contributed by atoms with Gasteiger partial charge in [0.25, 0.3) is 0 Å². The Balaban J connectivity index is 2.06. The maximum absolute atomic E-state index is 6.13. The Labute approximate surface area is 122 Å². The molecule has 1 heterocycles. The summed E-state index contributed by atoms with van der Waals surface area (Å²) in [7, 11) is 1.67. The van der Waals surface area contributed by atoms with Crippen molar-refractivity contribution in [1.82, 2.24) is 5.32 Å². The van der Waals surface area contributed by atoms with E-state index in [4.69, 9.17) is 32.4 Å². The van der Waals surface area contributed by atoms with Crippen molar-refractivity contribution < 1.29 is 9.15 Å². The van der Waals surface area contributed by atoms with E-state index in [1.807, 2.05) is 12.1 Å². The van der Waals surface area contributed by atoms with Crippen LogP contribution in [0.25, 0.3) is 11.3 Å². The number of benzene rings is 1. The number of ether oxygens (including phenoxy) is 1. The van der Waals surface area contributed by atoms with Crippen LogP contribution in [0.2, 0.25) is 10.0 Å². The predicted octanol–water partition coefficient (Wildman–Crippen LogP) is 3.99. The summed E-state index contributed by atoms with van der Waals surface area (Å²) in [6.07, 6.45) is 0. The number of halogens is 2. The Morgan fingerprint density at radius 1 is 1.21 bits per heavy atom. The molecule has 1 N–H and O–H groups in total. The lowest BCUT2D eigenvalue weighted by Gasteiger charge is -2.03. The molecule has 0 saturated heterocycles. The Hall–Kier alpha value is -1.00. The van der Waals surface area contributed by atoms with Crippen molar-refractivity contribution in [2.24, 2.45) is 0 Å². The Morgan fingerprint density at radius 2 is 2.05 bits per heavy atom. The molecule has 0 spiro atoms. The second kappa shape index (κ2) is 6.96. The van der Waals surface area contributed by atoms with Gasteiger partial charge in [0.2, 0.25) is 0 Å². The van der Waals surface area contributed by atoms with Crippen LogP contribution >= 0.6 is 23.2 Å². The number of hydrogen-bond donors (Lipinski definition) is 1. The van der Waals surface area contributed by atoms with E-state index in [1.165, 1.54) is 0 Å². The van der Waals surface area contributed by atoms with Gasteiger partial charge in [-0.1, -0.05) is 23.2 Å². The summed E-state index contributed by atoms with van der Waals surface area (Å²) in [4.78, 5) is 0. The van der Waals surface area contributed by atoms with Crippen molar-refractivity contribution in [3.63, 3.8) is 0 Å². The predicted molar refractivity (Wildman–Crippen MR) is 77.7 cm³/mol. The smallest absolute Gasteiger partial charge is 0.135 e. The number of methoxy groups -OCH3 is 1. The van der Waals surface area contributed by atoms with Crippen LogP contribution in [-0.4, -0.2) is 20.3 Å². The molecule has 0 atom stereocenters. The molecule has 0 bridgehead atoms. The second-order valence-corrected chi connectivity index (χ2v) is 4.90. The van der Waals surface area contributed by atoms with E-state index >= 15 is 0 Å². The zero-order valence-electron chi connectivity index (χ0n) is 10.6.